The number of methoxy groups -OCH3 is 1. The van der Waals surface area contributed by atoms with Gasteiger partial charge in [-0.3, -0.25) is 4.79 Å². The molecule has 2 aliphatic rings. The molecule has 3 nitrogen and oxygen atoms in total. The van der Waals surface area contributed by atoms with Crippen molar-refractivity contribution in [3.63, 3.8) is 0 Å². The molecule has 1 atom stereocenters. The summed E-state index contributed by atoms with van der Waals surface area (Å²) in [4.78, 5) is 12.0. The molecule has 0 bridgehead atoms. The van der Waals surface area contributed by atoms with Crippen LogP contribution in [0.25, 0.3) is 0 Å². The molecule has 1 unspecified atom stereocenters. The van der Waals surface area contributed by atoms with E-state index in [0.717, 1.165) is 25.1 Å². The molecule has 1 saturated carbocycles. The van der Waals surface area contributed by atoms with E-state index in [9.17, 15) is 4.79 Å². The van der Waals surface area contributed by atoms with Gasteiger partial charge in [0.2, 0.25) is 5.91 Å². The molecule has 2 fully saturated rings. The van der Waals surface area contributed by atoms with Gasteiger partial charge < -0.3 is 10.1 Å². The molecule has 0 radical (unpaired) electrons. The summed E-state index contributed by atoms with van der Waals surface area (Å²) in [6.45, 7) is 0.770. The second kappa shape index (κ2) is 3.76. The molecule has 1 aromatic rings. The normalized spacial score (nSPS) is 25.5. The van der Waals surface area contributed by atoms with E-state index in [1.165, 1.54) is 12.0 Å². The minimum absolute atomic E-state index is 0.119. The Labute approximate surface area is 101 Å². The largest absolute Gasteiger partial charge is 0.497 e. The Morgan fingerprint density at radius 2 is 2.24 bits per heavy atom. The van der Waals surface area contributed by atoms with Crippen LogP contribution in [-0.4, -0.2) is 19.6 Å². The van der Waals surface area contributed by atoms with Crippen LogP contribution in [0.15, 0.2) is 24.3 Å². The first kappa shape index (κ1) is 10.6. The first-order valence-electron chi connectivity index (χ1n) is 6.18. The summed E-state index contributed by atoms with van der Waals surface area (Å²) in [5, 5.41) is 3.02. The Bertz CT molecular complexity index is 451. The van der Waals surface area contributed by atoms with Crippen molar-refractivity contribution in [2.24, 2.45) is 5.41 Å². The molecular formula is C14H17NO2. The molecule has 1 aromatic carbocycles. The average molecular weight is 231 g/mol. The SMILES string of the molecule is COc1cccc(C2CNC(=O)C23CCC3)c1. The van der Waals surface area contributed by atoms with Crippen LogP contribution in [0.2, 0.25) is 0 Å². The van der Waals surface area contributed by atoms with E-state index in [1.54, 1.807) is 7.11 Å². The van der Waals surface area contributed by atoms with Gasteiger partial charge in [0.1, 0.15) is 5.75 Å². The molecule has 3 heteroatoms. The molecule has 3 rings (SSSR count). The lowest BCUT2D eigenvalue weighted by molar-refractivity contribution is -0.132. The number of nitrogens with one attached hydrogen (secondary N) is 1. The molecule has 17 heavy (non-hydrogen) atoms. The van der Waals surface area contributed by atoms with E-state index in [-0.39, 0.29) is 11.3 Å². The molecule has 0 aromatic heterocycles. The van der Waals surface area contributed by atoms with E-state index in [4.69, 9.17) is 4.74 Å². The van der Waals surface area contributed by atoms with Crippen LogP contribution in [0.1, 0.15) is 30.7 Å². The molecule has 1 N–H and O–H groups in total. The predicted molar refractivity (Wildman–Crippen MR) is 65.0 cm³/mol. The van der Waals surface area contributed by atoms with Crippen LogP contribution < -0.4 is 10.1 Å². The first-order valence-corrected chi connectivity index (χ1v) is 6.18. The molecule has 1 spiro atoms. The predicted octanol–water partition coefficient (Wildman–Crippen LogP) is 2.08. The van der Waals surface area contributed by atoms with Crippen molar-refractivity contribution < 1.29 is 9.53 Å². The number of carbonyl (C=O) groups is 1. The van der Waals surface area contributed by atoms with Gasteiger partial charge in [-0.25, -0.2) is 0 Å². The number of hydrogen-bond donors (Lipinski definition) is 1. The summed E-state index contributed by atoms with van der Waals surface area (Å²) < 4.78 is 5.26. The van der Waals surface area contributed by atoms with Crippen LogP contribution in [0.3, 0.4) is 0 Å². The van der Waals surface area contributed by atoms with Gasteiger partial charge in [-0.05, 0) is 30.5 Å². The molecule has 1 saturated heterocycles. The smallest absolute Gasteiger partial charge is 0.226 e. The quantitative estimate of drug-likeness (QED) is 0.846. The minimum atomic E-state index is -0.119. The van der Waals surface area contributed by atoms with E-state index < -0.39 is 0 Å². The molecule has 1 aliphatic heterocycles. The van der Waals surface area contributed by atoms with Crippen molar-refractivity contribution >= 4 is 5.91 Å². The van der Waals surface area contributed by atoms with Gasteiger partial charge in [0.25, 0.3) is 0 Å². The number of ether oxygens (including phenoxy) is 1. The Balaban J connectivity index is 1.95. The Morgan fingerprint density at radius 1 is 1.41 bits per heavy atom. The second-order valence-electron chi connectivity index (χ2n) is 5.05. The van der Waals surface area contributed by atoms with Gasteiger partial charge >= 0.3 is 0 Å². The monoisotopic (exact) mass is 231 g/mol. The third-order valence-corrected chi connectivity index (χ3v) is 4.33. The molecular weight excluding hydrogens is 214 g/mol. The highest BCUT2D eigenvalue weighted by Gasteiger charge is 2.54. The summed E-state index contributed by atoms with van der Waals surface area (Å²) in [6.07, 6.45) is 3.23. The van der Waals surface area contributed by atoms with Gasteiger partial charge in [-0.2, -0.15) is 0 Å². The standard InChI is InChI=1S/C14H17NO2/c1-17-11-5-2-4-10(8-11)12-9-15-13(16)14(12)6-3-7-14/h2,4-5,8,12H,3,6-7,9H2,1H3,(H,15,16). The van der Waals surface area contributed by atoms with Gasteiger partial charge in [0.15, 0.2) is 0 Å². The Hall–Kier alpha value is -1.51. The molecule has 1 amide bonds. The topological polar surface area (TPSA) is 38.3 Å². The minimum Gasteiger partial charge on any atom is -0.497 e. The average Bonchev–Trinajstić information content (AvgIpc) is 2.66. The third kappa shape index (κ3) is 1.45. The van der Waals surface area contributed by atoms with Crippen LogP contribution in [0, 0.1) is 5.41 Å². The molecule has 1 aliphatic carbocycles. The van der Waals surface area contributed by atoms with Crippen LogP contribution in [0.4, 0.5) is 0 Å². The van der Waals surface area contributed by atoms with Crippen molar-refractivity contribution in [3.8, 4) is 5.75 Å². The lowest BCUT2D eigenvalue weighted by atomic mass is 9.61. The van der Waals surface area contributed by atoms with Gasteiger partial charge in [-0.1, -0.05) is 18.6 Å². The molecule has 1 heterocycles. The number of carbonyl (C=O) groups excluding carboxylic acids is 1. The fourth-order valence-electron chi connectivity index (χ4n) is 3.15. The highest BCUT2D eigenvalue weighted by molar-refractivity contribution is 5.87. The number of rotatable bonds is 2. The van der Waals surface area contributed by atoms with Gasteiger partial charge in [-0.15, -0.1) is 0 Å². The van der Waals surface area contributed by atoms with Crippen molar-refractivity contribution in [1.82, 2.24) is 5.32 Å². The summed E-state index contributed by atoms with van der Waals surface area (Å²) in [5.74, 6) is 1.44. The van der Waals surface area contributed by atoms with Crippen LogP contribution in [-0.2, 0) is 4.79 Å². The number of hydrogen-bond acceptors (Lipinski definition) is 2. The lowest BCUT2D eigenvalue weighted by Gasteiger charge is -2.40. The Kier molecular flexibility index (Phi) is 2.35. The van der Waals surface area contributed by atoms with Crippen molar-refractivity contribution in [2.75, 3.05) is 13.7 Å². The fourth-order valence-corrected chi connectivity index (χ4v) is 3.15. The zero-order valence-corrected chi connectivity index (χ0v) is 10.0. The van der Waals surface area contributed by atoms with Crippen molar-refractivity contribution in [3.05, 3.63) is 29.8 Å². The maximum atomic E-state index is 12.0. The van der Waals surface area contributed by atoms with Crippen LogP contribution in [0.5, 0.6) is 5.75 Å². The van der Waals surface area contributed by atoms with E-state index in [0.29, 0.717) is 5.92 Å². The lowest BCUT2D eigenvalue weighted by Crippen LogP contribution is -2.40. The third-order valence-electron chi connectivity index (χ3n) is 4.33. The van der Waals surface area contributed by atoms with E-state index in [1.807, 2.05) is 12.1 Å². The highest BCUT2D eigenvalue weighted by atomic mass is 16.5. The maximum Gasteiger partial charge on any atom is 0.226 e. The molecule has 90 valence electrons. The zero-order valence-electron chi connectivity index (χ0n) is 10.0. The van der Waals surface area contributed by atoms with Crippen molar-refractivity contribution in [2.45, 2.75) is 25.2 Å². The van der Waals surface area contributed by atoms with Gasteiger partial charge in [0.05, 0.1) is 12.5 Å². The number of benzene rings is 1. The summed E-state index contributed by atoms with van der Waals surface area (Å²) >= 11 is 0. The van der Waals surface area contributed by atoms with Crippen LogP contribution >= 0.6 is 0 Å². The van der Waals surface area contributed by atoms with E-state index in [2.05, 4.69) is 17.4 Å². The maximum absolute atomic E-state index is 12.0. The summed E-state index contributed by atoms with van der Waals surface area (Å²) in [6, 6.07) is 8.11. The van der Waals surface area contributed by atoms with E-state index >= 15 is 0 Å². The first-order chi connectivity index (χ1) is 8.26. The number of amides is 1. The summed E-state index contributed by atoms with van der Waals surface area (Å²) in [7, 11) is 1.68. The highest BCUT2D eigenvalue weighted by Crippen LogP contribution is 2.54. The zero-order chi connectivity index (χ0) is 11.9. The fraction of sp³-hybridized carbons (Fsp3) is 0.500. The van der Waals surface area contributed by atoms with Crippen molar-refractivity contribution in [1.29, 1.82) is 0 Å². The van der Waals surface area contributed by atoms with Gasteiger partial charge in [0, 0.05) is 12.5 Å². The summed E-state index contributed by atoms with van der Waals surface area (Å²) in [5.41, 5.74) is 1.11. The Morgan fingerprint density at radius 3 is 2.88 bits per heavy atom. The second-order valence-corrected chi connectivity index (χ2v) is 5.05.